The summed E-state index contributed by atoms with van der Waals surface area (Å²) in [5.41, 5.74) is 1.13. The molecule has 1 amide bonds. The molecule has 1 aliphatic heterocycles. The lowest BCUT2D eigenvalue weighted by atomic mass is 10.1. The number of benzene rings is 1. The van der Waals surface area contributed by atoms with E-state index in [0.29, 0.717) is 17.7 Å². The Bertz CT molecular complexity index is 1020. The fraction of sp³-hybridized carbons (Fsp3) is 0.409. The fourth-order valence-corrected chi connectivity index (χ4v) is 4.75. The van der Waals surface area contributed by atoms with Crippen molar-refractivity contribution >= 4 is 29.5 Å². The molecule has 1 saturated heterocycles. The summed E-state index contributed by atoms with van der Waals surface area (Å²) in [5.74, 6) is 0.799. The van der Waals surface area contributed by atoms with E-state index in [1.165, 1.54) is 0 Å². The molecule has 2 aromatic heterocycles. The van der Waals surface area contributed by atoms with Crippen molar-refractivity contribution in [3.8, 4) is 10.7 Å². The average Bonchev–Trinajstić information content (AvgIpc) is 3.44. The van der Waals surface area contributed by atoms with Crippen LogP contribution in [0.1, 0.15) is 18.0 Å². The molecule has 1 fully saturated rings. The molecule has 1 atom stereocenters. The molecule has 0 radical (unpaired) electrons. The second kappa shape index (κ2) is 10.3. The minimum absolute atomic E-state index is 0.0169. The highest BCUT2D eigenvalue weighted by Crippen LogP contribution is 2.23. The summed E-state index contributed by atoms with van der Waals surface area (Å²) in [6.45, 7) is 5.45. The van der Waals surface area contributed by atoms with Gasteiger partial charge in [0.25, 0.3) is 0 Å². The molecule has 2 N–H and O–H groups in total. The number of piperazine rings is 1. The number of carbonyl (C=O) groups excluding carboxylic acids is 1. The molecular formula is C22H28N6OS2. The predicted molar refractivity (Wildman–Crippen MR) is 127 cm³/mol. The molecule has 7 nitrogen and oxygen atoms in total. The number of H-pyrrole nitrogens is 1. The van der Waals surface area contributed by atoms with Crippen LogP contribution in [0.3, 0.4) is 0 Å². The molecule has 0 spiro atoms. The number of aromatic nitrogens is 3. The van der Waals surface area contributed by atoms with Gasteiger partial charge in [-0.2, -0.15) is 5.10 Å². The standard InChI is InChI=1S/C22H28N6OS2/c1-26-11-13-27(14-12-26)16-18(17-6-3-2-4-7-17)23-20(29)9-10-28-21(24-25-22(28)30)19-8-5-15-31-19/h2-8,15,18H,9-14,16H2,1H3,(H,23,29)(H,25,30). The Morgan fingerprint density at radius 1 is 1.19 bits per heavy atom. The van der Waals surface area contributed by atoms with Gasteiger partial charge in [-0.3, -0.25) is 19.4 Å². The van der Waals surface area contributed by atoms with Crippen LogP contribution < -0.4 is 5.32 Å². The van der Waals surface area contributed by atoms with Gasteiger partial charge in [-0.15, -0.1) is 11.3 Å². The van der Waals surface area contributed by atoms with E-state index in [1.807, 2.05) is 40.3 Å². The zero-order valence-electron chi connectivity index (χ0n) is 17.7. The first-order chi connectivity index (χ1) is 15.1. The molecule has 1 aliphatic rings. The summed E-state index contributed by atoms with van der Waals surface area (Å²) in [6.07, 6.45) is 0.346. The van der Waals surface area contributed by atoms with Crippen LogP contribution in [0.2, 0.25) is 0 Å². The van der Waals surface area contributed by atoms with Gasteiger partial charge in [-0.1, -0.05) is 36.4 Å². The Balaban J connectivity index is 1.41. The molecule has 4 rings (SSSR count). The number of rotatable bonds is 8. The van der Waals surface area contributed by atoms with Gasteiger partial charge in [0.2, 0.25) is 5.91 Å². The second-order valence-electron chi connectivity index (χ2n) is 7.87. The van der Waals surface area contributed by atoms with Crippen molar-refractivity contribution in [2.45, 2.75) is 19.0 Å². The first kappa shape index (κ1) is 21.9. The van der Waals surface area contributed by atoms with Crippen molar-refractivity contribution in [3.05, 3.63) is 58.2 Å². The molecule has 0 saturated carbocycles. The van der Waals surface area contributed by atoms with Gasteiger partial charge in [0, 0.05) is 45.7 Å². The number of hydrogen-bond acceptors (Lipinski definition) is 6. The molecular weight excluding hydrogens is 428 g/mol. The topological polar surface area (TPSA) is 69.2 Å². The third kappa shape index (κ3) is 5.68. The number of hydrogen-bond donors (Lipinski definition) is 2. The van der Waals surface area contributed by atoms with Crippen molar-refractivity contribution < 1.29 is 4.79 Å². The first-order valence-corrected chi connectivity index (χ1v) is 11.8. The maximum atomic E-state index is 12.9. The SMILES string of the molecule is CN1CCN(CC(NC(=O)CCn2c(-c3cccs3)n[nH]c2=S)c2ccccc2)CC1. The minimum atomic E-state index is -0.0359. The number of carbonyl (C=O) groups is 1. The predicted octanol–water partition coefficient (Wildman–Crippen LogP) is 3.16. The Morgan fingerprint density at radius 3 is 2.68 bits per heavy atom. The minimum Gasteiger partial charge on any atom is -0.348 e. The van der Waals surface area contributed by atoms with E-state index in [-0.39, 0.29) is 11.9 Å². The number of thiophene rings is 1. The molecule has 3 heterocycles. The van der Waals surface area contributed by atoms with Gasteiger partial charge in [0.1, 0.15) is 0 Å². The molecule has 1 aromatic carbocycles. The number of nitrogens with one attached hydrogen (secondary N) is 2. The zero-order valence-corrected chi connectivity index (χ0v) is 19.3. The summed E-state index contributed by atoms with van der Waals surface area (Å²) in [4.78, 5) is 18.7. The van der Waals surface area contributed by atoms with Crippen LogP contribution >= 0.6 is 23.6 Å². The van der Waals surface area contributed by atoms with Gasteiger partial charge in [0.15, 0.2) is 10.6 Å². The van der Waals surface area contributed by atoms with Gasteiger partial charge in [-0.25, -0.2) is 0 Å². The van der Waals surface area contributed by atoms with Crippen LogP contribution in [0.5, 0.6) is 0 Å². The van der Waals surface area contributed by atoms with E-state index in [4.69, 9.17) is 12.2 Å². The van der Waals surface area contributed by atoms with E-state index in [1.54, 1.807) is 11.3 Å². The van der Waals surface area contributed by atoms with Gasteiger partial charge >= 0.3 is 0 Å². The highest BCUT2D eigenvalue weighted by atomic mass is 32.1. The van der Waals surface area contributed by atoms with E-state index >= 15 is 0 Å². The summed E-state index contributed by atoms with van der Waals surface area (Å²) in [7, 11) is 2.15. The quantitative estimate of drug-likeness (QED) is 0.510. The molecule has 0 aliphatic carbocycles. The van der Waals surface area contributed by atoms with Crippen LogP contribution in [-0.4, -0.2) is 70.2 Å². The third-order valence-corrected chi connectivity index (χ3v) is 6.81. The van der Waals surface area contributed by atoms with Crippen molar-refractivity contribution in [2.24, 2.45) is 0 Å². The molecule has 3 aromatic rings. The lowest BCUT2D eigenvalue weighted by Gasteiger charge is -2.35. The largest absolute Gasteiger partial charge is 0.348 e. The Kier molecular flexibility index (Phi) is 7.29. The number of aromatic amines is 1. The monoisotopic (exact) mass is 456 g/mol. The fourth-order valence-electron chi connectivity index (χ4n) is 3.81. The van der Waals surface area contributed by atoms with Crippen LogP contribution in [0.25, 0.3) is 10.7 Å². The molecule has 31 heavy (non-hydrogen) atoms. The Hall–Kier alpha value is -2.33. The Labute approximate surface area is 191 Å². The van der Waals surface area contributed by atoms with Crippen LogP contribution in [0.15, 0.2) is 47.8 Å². The summed E-state index contributed by atoms with van der Waals surface area (Å²) in [5, 5.41) is 12.5. The van der Waals surface area contributed by atoms with E-state index < -0.39 is 0 Å². The zero-order chi connectivity index (χ0) is 21.6. The van der Waals surface area contributed by atoms with Crippen molar-refractivity contribution in [2.75, 3.05) is 39.8 Å². The smallest absolute Gasteiger partial charge is 0.222 e. The highest BCUT2D eigenvalue weighted by Gasteiger charge is 2.21. The van der Waals surface area contributed by atoms with Crippen molar-refractivity contribution in [1.29, 1.82) is 0 Å². The van der Waals surface area contributed by atoms with E-state index in [0.717, 1.165) is 49.0 Å². The van der Waals surface area contributed by atoms with Crippen LogP contribution in [-0.2, 0) is 11.3 Å². The third-order valence-electron chi connectivity index (χ3n) is 5.64. The summed E-state index contributed by atoms with van der Waals surface area (Å²) in [6, 6.07) is 14.2. The van der Waals surface area contributed by atoms with Gasteiger partial charge in [0.05, 0.1) is 10.9 Å². The lowest BCUT2D eigenvalue weighted by Crippen LogP contribution is -2.47. The van der Waals surface area contributed by atoms with E-state index in [9.17, 15) is 4.79 Å². The summed E-state index contributed by atoms with van der Waals surface area (Å²) < 4.78 is 2.44. The molecule has 1 unspecified atom stereocenters. The van der Waals surface area contributed by atoms with Crippen molar-refractivity contribution in [1.82, 2.24) is 29.9 Å². The highest BCUT2D eigenvalue weighted by molar-refractivity contribution is 7.71. The van der Waals surface area contributed by atoms with Crippen molar-refractivity contribution in [3.63, 3.8) is 0 Å². The normalized spacial score (nSPS) is 16.3. The van der Waals surface area contributed by atoms with Crippen LogP contribution in [0, 0.1) is 4.77 Å². The molecule has 9 heteroatoms. The Morgan fingerprint density at radius 2 is 1.97 bits per heavy atom. The second-order valence-corrected chi connectivity index (χ2v) is 9.20. The first-order valence-electron chi connectivity index (χ1n) is 10.5. The number of likely N-dealkylation sites (N-methyl/N-ethyl adjacent to an activating group) is 1. The maximum Gasteiger partial charge on any atom is 0.222 e. The number of amides is 1. The van der Waals surface area contributed by atoms with Crippen LogP contribution in [0.4, 0.5) is 0 Å². The maximum absolute atomic E-state index is 12.9. The summed E-state index contributed by atoms with van der Waals surface area (Å²) >= 11 is 6.99. The van der Waals surface area contributed by atoms with Gasteiger partial charge in [-0.05, 0) is 36.3 Å². The average molecular weight is 457 g/mol. The lowest BCUT2D eigenvalue weighted by molar-refractivity contribution is -0.122. The molecule has 164 valence electrons. The van der Waals surface area contributed by atoms with Gasteiger partial charge < -0.3 is 10.2 Å². The van der Waals surface area contributed by atoms with E-state index in [2.05, 4.69) is 44.5 Å². The number of nitrogens with zero attached hydrogens (tertiary/aromatic N) is 4. The molecule has 0 bridgehead atoms.